The molecule has 0 aliphatic carbocycles. The number of nitrogens with zero attached hydrogens (tertiary/aromatic N) is 3. The van der Waals surface area contributed by atoms with Gasteiger partial charge in [-0.3, -0.25) is 4.79 Å². The molecular formula is C22H22BrClN4O. The number of benzene rings is 2. The Morgan fingerprint density at radius 1 is 1.10 bits per heavy atom. The van der Waals surface area contributed by atoms with Gasteiger partial charge in [-0.15, -0.1) is 0 Å². The van der Waals surface area contributed by atoms with Crippen molar-refractivity contribution in [1.29, 1.82) is 0 Å². The van der Waals surface area contributed by atoms with Gasteiger partial charge in [0, 0.05) is 52.3 Å². The van der Waals surface area contributed by atoms with E-state index in [1.54, 1.807) is 24.3 Å². The first-order valence-electron chi connectivity index (χ1n) is 9.52. The van der Waals surface area contributed by atoms with Gasteiger partial charge < -0.3 is 15.1 Å². The summed E-state index contributed by atoms with van der Waals surface area (Å²) in [7, 11) is 2.13. The number of amides is 1. The summed E-state index contributed by atoms with van der Waals surface area (Å²) < 4.78 is 0.916. The number of anilines is 2. The van der Waals surface area contributed by atoms with Crippen LogP contribution in [0.2, 0.25) is 5.02 Å². The third-order valence-electron chi connectivity index (χ3n) is 5.30. The molecule has 0 unspecified atom stereocenters. The molecule has 0 saturated carbocycles. The second kappa shape index (κ2) is 8.30. The number of nitrogens with one attached hydrogen (secondary N) is 1. The lowest BCUT2D eigenvalue weighted by Crippen LogP contribution is -2.45. The van der Waals surface area contributed by atoms with Crippen molar-refractivity contribution < 1.29 is 4.79 Å². The highest BCUT2D eigenvalue weighted by molar-refractivity contribution is 9.10. The molecule has 0 bridgehead atoms. The Balaban J connectivity index is 1.79. The SMILES string of the molecule is Cc1c(N2CCN(C)CC2)nc2ccc(Br)cc2c1C(=O)Nc1ccc(Cl)cc1. The minimum atomic E-state index is -0.148. The molecule has 1 aliphatic rings. The van der Waals surface area contributed by atoms with E-state index in [9.17, 15) is 4.79 Å². The fourth-order valence-corrected chi connectivity index (χ4v) is 4.15. The molecule has 1 aliphatic heterocycles. The molecule has 7 heteroatoms. The van der Waals surface area contributed by atoms with Gasteiger partial charge in [0.25, 0.3) is 5.91 Å². The minimum Gasteiger partial charge on any atom is -0.354 e. The molecule has 1 aromatic heterocycles. The average Bonchev–Trinajstić information content (AvgIpc) is 2.70. The van der Waals surface area contributed by atoms with Crippen LogP contribution in [-0.2, 0) is 0 Å². The Labute approximate surface area is 183 Å². The molecule has 4 rings (SSSR count). The quantitative estimate of drug-likeness (QED) is 0.584. The van der Waals surface area contributed by atoms with E-state index in [0.29, 0.717) is 16.3 Å². The van der Waals surface area contributed by atoms with Crippen LogP contribution < -0.4 is 10.2 Å². The van der Waals surface area contributed by atoms with Crippen LogP contribution in [0.3, 0.4) is 0 Å². The zero-order valence-corrected chi connectivity index (χ0v) is 18.7. The fourth-order valence-electron chi connectivity index (χ4n) is 3.66. The van der Waals surface area contributed by atoms with Crippen LogP contribution in [0.25, 0.3) is 10.9 Å². The number of piperazine rings is 1. The van der Waals surface area contributed by atoms with Crippen molar-refractivity contribution >= 4 is 55.8 Å². The monoisotopic (exact) mass is 472 g/mol. The van der Waals surface area contributed by atoms with Gasteiger partial charge in [0.05, 0.1) is 11.1 Å². The van der Waals surface area contributed by atoms with E-state index in [4.69, 9.17) is 16.6 Å². The van der Waals surface area contributed by atoms with Crippen molar-refractivity contribution in [3.8, 4) is 0 Å². The van der Waals surface area contributed by atoms with Gasteiger partial charge in [0.2, 0.25) is 0 Å². The summed E-state index contributed by atoms with van der Waals surface area (Å²) in [5.74, 6) is 0.736. The zero-order valence-electron chi connectivity index (χ0n) is 16.4. The molecule has 0 atom stereocenters. The van der Waals surface area contributed by atoms with Gasteiger partial charge in [-0.25, -0.2) is 4.98 Å². The number of aromatic nitrogens is 1. The molecule has 0 spiro atoms. The number of hydrogen-bond donors (Lipinski definition) is 1. The lowest BCUT2D eigenvalue weighted by molar-refractivity contribution is 0.102. The van der Waals surface area contributed by atoms with Crippen LogP contribution in [0.15, 0.2) is 46.9 Å². The number of hydrogen-bond acceptors (Lipinski definition) is 4. The third kappa shape index (κ3) is 4.25. The van der Waals surface area contributed by atoms with E-state index in [1.165, 1.54) is 0 Å². The second-order valence-corrected chi connectivity index (χ2v) is 8.70. The van der Waals surface area contributed by atoms with Gasteiger partial charge in [0.1, 0.15) is 5.82 Å². The Bertz CT molecular complexity index is 1060. The van der Waals surface area contributed by atoms with E-state index >= 15 is 0 Å². The highest BCUT2D eigenvalue weighted by atomic mass is 79.9. The molecule has 1 saturated heterocycles. The maximum absolute atomic E-state index is 13.3. The van der Waals surface area contributed by atoms with Gasteiger partial charge in [0.15, 0.2) is 0 Å². The predicted molar refractivity (Wildman–Crippen MR) is 123 cm³/mol. The first kappa shape index (κ1) is 20.1. The lowest BCUT2D eigenvalue weighted by Gasteiger charge is -2.34. The average molecular weight is 474 g/mol. The Hall–Kier alpha value is -2.15. The van der Waals surface area contributed by atoms with Gasteiger partial charge in [-0.1, -0.05) is 27.5 Å². The van der Waals surface area contributed by atoms with Crippen molar-refractivity contribution in [3.05, 3.63) is 63.1 Å². The molecule has 2 aromatic carbocycles. The molecule has 2 heterocycles. The van der Waals surface area contributed by atoms with Gasteiger partial charge in [-0.05, 0) is 56.4 Å². The predicted octanol–water partition coefficient (Wildman–Crippen LogP) is 4.96. The summed E-state index contributed by atoms with van der Waals surface area (Å²) in [6, 6.07) is 13.0. The third-order valence-corrected chi connectivity index (χ3v) is 6.04. The van der Waals surface area contributed by atoms with Crippen LogP contribution in [0.5, 0.6) is 0 Å². The Morgan fingerprint density at radius 3 is 2.48 bits per heavy atom. The van der Waals surface area contributed by atoms with Crippen LogP contribution in [-0.4, -0.2) is 49.0 Å². The molecule has 29 heavy (non-hydrogen) atoms. The summed E-state index contributed by atoms with van der Waals surface area (Å²) in [6.07, 6.45) is 0. The van der Waals surface area contributed by atoms with Crippen LogP contribution in [0, 0.1) is 6.92 Å². The van der Waals surface area contributed by atoms with E-state index in [0.717, 1.165) is 52.9 Å². The molecule has 1 fully saturated rings. The van der Waals surface area contributed by atoms with E-state index in [1.807, 2.05) is 25.1 Å². The van der Waals surface area contributed by atoms with Crippen molar-refractivity contribution in [2.75, 3.05) is 43.4 Å². The standard InChI is InChI=1S/C22H22BrClN4O/c1-14-20(22(29)25-17-6-4-16(24)5-7-17)18-13-15(23)3-8-19(18)26-21(14)28-11-9-27(2)10-12-28/h3-8,13H,9-12H2,1-2H3,(H,25,29). The highest BCUT2D eigenvalue weighted by Gasteiger charge is 2.23. The first-order valence-corrected chi connectivity index (χ1v) is 10.7. The topological polar surface area (TPSA) is 48.5 Å². The molecule has 3 aromatic rings. The number of fused-ring (bicyclic) bond motifs is 1. The highest BCUT2D eigenvalue weighted by Crippen LogP contribution is 2.31. The molecule has 5 nitrogen and oxygen atoms in total. The summed E-state index contributed by atoms with van der Waals surface area (Å²) in [5.41, 5.74) is 3.07. The normalized spacial score (nSPS) is 15.0. The smallest absolute Gasteiger partial charge is 0.256 e. The largest absolute Gasteiger partial charge is 0.354 e. The maximum Gasteiger partial charge on any atom is 0.256 e. The lowest BCUT2D eigenvalue weighted by atomic mass is 10.0. The zero-order chi connectivity index (χ0) is 20.5. The summed E-state index contributed by atoms with van der Waals surface area (Å²) >= 11 is 9.49. The summed E-state index contributed by atoms with van der Waals surface area (Å²) in [5, 5.41) is 4.48. The molecular weight excluding hydrogens is 452 g/mol. The number of carbonyl (C=O) groups is 1. The summed E-state index contributed by atoms with van der Waals surface area (Å²) in [4.78, 5) is 22.8. The summed E-state index contributed by atoms with van der Waals surface area (Å²) in [6.45, 7) is 5.73. The molecule has 1 amide bonds. The first-order chi connectivity index (χ1) is 13.9. The maximum atomic E-state index is 13.3. The van der Waals surface area contributed by atoms with Crippen molar-refractivity contribution in [2.45, 2.75) is 6.92 Å². The number of carbonyl (C=O) groups excluding carboxylic acids is 1. The van der Waals surface area contributed by atoms with Gasteiger partial charge in [-0.2, -0.15) is 0 Å². The van der Waals surface area contributed by atoms with E-state index < -0.39 is 0 Å². The molecule has 150 valence electrons. The van der Waals surface area contributed by atoms with Crippen molar-refractivity contribution in [2.24, 2.45) is 0 Å². The molecule has 1 N–H and O–H groups in total. The Kier molecular flexibility index (Phi) is 5.76. The van der Waals surface area contributed by atoms with Crippen LogP contribution in [0.4, 0.5) is 11.5 Å². The van der Waals surface area contributed by atoms with Crippen LogP contribution in [0.1, 0.15) is 15.9 Å². The van der Waals surface area contributed by atoms with Crippen LogP contribution >= 0.6 is 27.5 Å². The van der Waals surface area contributed by atoms with Crippen molar-refractivity contribution in [1.82, 2.24) is 9.88 Å². The van der Waals surface area contributed by atoms with Crippen molar-refractivity contribution in [3.63, 3.8) is 0 Å². The van der Waals surface area contributed by atoms with E-state index in [-0.39, 0.29) is 5.91 Å². The number of pyridine rings is 1. The van der Waals surface area contributed by atoms with Gasteiger partial charge >= 0.3 is 0 Å². The number of rotatable bonds is 3. The van der Waals surface area contributed by atoms with E-state index in [2.05, 4.69) is 38.1 Å². The number of likely N-dealkylation sites (N-methyl/N-ethyl adjacent to an activating group) is 1. The fraction of sp³-hybridized carbons (Fsp3) is 0.273. The Morgan fingerprint density at radius 2 is 1.79 bits per heavy atom. The second-order valence-electron chi connectivity index (χ2n) is 7.35. The number of halogens is 2. The molecule has 0 radical (unpaired) electrons. The minimum absolute atomic E-state index is 0.148.